The molecular weight excluding hydrogens is 269 g/mol. The molecule has 1 aliphatic rings. The van der Waals surface area contributed by atoms with Crippen LogP contribution in [-0.4, -0.2) is 28.8 Å². The Labute approximate surface area is 107 Å². The molecule has 1 N–H and O–H groups in total. The number of aliphatic hydroxyl groups is 1. The summed E-state index contributed by atoms with van der Waals surface area (Å²) in [6, 6.07) is 0.854. The molecule has 0 bridgehead atoms. The number of hydrogen-bond donors (Lipinski definition) is 1. The van der Waals surface area contributed by atoms with Crippen LogP contribution in [-0.2, 0) is 6.18 Å². The van der Waals surface area contributed by atoms with E-state index in [1.165, 1.54) is 0 Å². The molecule has 18 heavy (non-hydrogen) atoms. The topological polar surface area (TPSA) is 36.4 Å². The van der Waals surface area contributed by atoms with Crippen molar-refractivity contribution in [3.8, 4) is 0 Å². The first-order chi connectivity index (χ1) is 8.25. The lowest BCUT2D eigenvalue weighted by molar-refractivity contribution is -0.137. The maximum Gasteiger partial charge on any atom is 0.417 e. The number of pyridine rings is 1. The van der Waals surface area contributed by atoms with E-state index in [9.17, 15) is 18.3 Å². The molecule has 0 aromatic carbocycles. The zero-order chi connectivity index (χ0) is 13.6. The van der Waals surface area contributed by atoms with E-state index < -0.39 is 17.3 Å². The molecule has 2 rings (SSSR count). The SMILES string of the molecule is CCC1(O)CN(c2ncc(C(F)(F)F)cc2Cl)C1. The second-order valence-corrected chi connectivity index (χ2v) is 4.87. The highest BCUT2D eigenvalue weighted by Crippen LogP contribution is 2.36. The van der Waals surface area contributed by atoms with E-state index in [0.29, 0.717) is 19.5 Å². The Kier molecular flexibility index (Phi) is 3.19. The number of alkyl halides is 3. The Balaban J connectivity index is 2.18. The molecule has 0 saturated carbocycles. The Morgan fingerprint density at radius 2 is 2.11 bits per heavy atom. The normalized spacial score (nSPS) is 18.7. The summed E-state index contributed by atoms with van der Waals surface area (Å²) in [6.45, 7) is 2.52. The largest absolute Gasteiger partial charge is 0.417 e. The lowest BCUT2D eigenvalue weighted by Gasteiger charge is -2.47. The zero-order valence-corrected chi connectivity index (χ0v) is 10.4. The summed E-state index contributed by atoms with van der Waals surface area (Å²) >= 11 is 5.79. The molecule has 0 radical (unpaired) electrons. The van der Waals surface area contributed by atoms with Crippen LogP contribution in [0.2, 0.25) is 5.02 Å². The summed E-state index contributed by atoms with van der Waals surface area (Å²) < 4.78 is 37.3. The van der Waals surface area contributed by atoms with E-state index in [1.807, 2.05) is 6.92 Å². The summed E-state index contributed by atoms with van der Waals surface area (Å²) in [6.07, 6.45) is -3.11. The molecule has 0 unspecified atom stereocenters. The Hall–Kier alpha value is -1.01. The van der Waals surface area contributed by atoms with E-state index in [0.717, 1.165) is 12.3 Å². The van der Waals surface area contributed by atoms with E-state index in [-0.39, 0.29) is 10.8 Å². The molecule has 0 amide bonds. The van der Waals surface area contributed by atoms with Crippen molar-refractivity contribution in [1.82, 2.24) is 4.98 Å². The standard InChI is InChI=1S/C11H12ClF3N2O/c1-2-10(18)5-17(6-10)9-8(12)3-7(4-16-9)11(13,14)15/h3-4,18H,2,5-6H2,1H3. The molecule has 1 aromatic rings. The molecule has 2 heterocycles. The van der Waals surface area contributed by atoms with Gasteiger partial charge in [-0.2, -0.15) is 13.2 Å². The third kappa shape index (κ3) is 2.40. The fraction of sp³-hybridized carbons (Fsp3) is 0.545. The molecule has 0 spiro atoms. The van der Waals surface area contributed by atoms with E-state index in [2.05, 4.69) is 4.98 Å². The van der Waals surface area contributed by atoms with Gasteiger partial charge in [-0.15, -0.1) is 0 Å². The highest BCUT2D eigenvalue weighted by molar-refractivity contribution is 6.33. The first kappa shape index (κ1) is 13.4. The third-order valence-electron chi connectivity index (χ3n) is 3.08. The second kappa shape index (κ2) is 4.28. The maximum absolute atomic E-state index is 12.4. The summed E-state index contributed by atoms with van der Waals surface area (Å²) in [5, 5.41) is 9.78. The van der Waals surface area contributed by atoms with Crippen molar-refractivity contribution in [3.05, 3.63) is 22.8 Å². The molecule has 0 aliphatic carbocycles. The van der Waals surface area contributed by atoms with Crippen molar-refractivity contribution in [3.63, 3.8) is 0 Å². The van der Waals surface area contributed by atoms with Crippen LogP contribution in [0.4, 0.5) is 19.0 Å². The number of nitrogens with zero attached hydrogens (tertiary/aromatic N) is 2. The van der Waals surface area contributed by atoms with Gasteiger partial charge in [-0.1, -0.05) is 18.5 Å². The Bertz CT molecular complexity index is 458. The average molecular weight is 281 g/mol. The number of anilines is 1. The van der Waals surface area contributed by atoms with Crippen LogP contribution in [0.15, 0.2) is 12.3 Å². The number of halogens is 4. The number of β-amino-alcohol motifs (C(OH)–C–C–N with tert-alkyl or cyclic N) is 1. The summed E-state index contributed by atoms with van der Waals surface area (Å²) in [5.74, 6) is 0.280. The number of hydrogen-bond acceptors (Lipinski definition) is 3. The van der Waals surface area contributed by atoms with Crippen molar-refractivity contribution in [1.29, 1.82) is 0 Å². The Morgan fingerprint density at radius 3 is 2.56 bits per heavy atom. The molecule has 1 aromatic heterocycles. The van der Waals surface area contributed by atoms with Crippen LogP contribution >= 0.6 is 11.6 Å². The lowest BCUT2D eigenvalue weighted by atomic mass is 9.91. The van der Waals surface area contributed by atoms with E-state index in [1.54, 1.807) is 4.90 Å². The van der Waals surface area contributed by atoms with Gasteiger partial charge in [0.1, 0.15) is 5.82 Å². The molecule has 1 fully saturated rings. The van der Waals surface area contributed by atoms with Crippen LogP contribution in [0.25, 0.3) is 0 Å². The smallest absolute Gasteiger partial charge is 0.386 e. The van der Waals surface area contributed by atoms with Gasteiger partial charge in [0.2, 0.25) is 0 Å². The van der Waals surface area contributed by atoms with Crippen LogP contribution in [0.1, 0.15) is 18.9 Å². The Morgan fingerprint density at radius 1 is 1.50 bits per heavy atom. The third-order valence-corrected chi connectivity index (χ3v) is 3.36. The highest BCUT2D eigenvalue weighted by atomic mass is 35.5. The molecule has 100 valence electrons. The van der Waals surface area contributed by atoms with Gasteiger partial charge in [0.25, 0.3) is 0 Å². The van der Waals surface area contributed by atoms with Gasteiger partial charge < -0.3 is 10.0 Å². The van der Waals surface area contributed by atoms with Crippen molar-refractivity contribution in [2.45, 2.75) is 25.1 Å². The minimum atomic E-state index is -4.45. The van der Waals surface area contributed by atoms with Gasteiger partial charge in [-0.25, -0.2) is 4.98 Å². The highest BCUT2D eigenvalue weighted by Gasteiger charge is 2.41. The molecule has 1 saturated heterocycles. The van der Waals surface area contributed by atoms with Crippen LogP contribution in [0, 0.1) is 0 Å². The van der Waals surface area contributed by atoms with Crippen molar-refractivity contribution < 1.29 is 18.3 Å². The molecular formula is C11H12ClF3N2O. The fourth-order valence-electron chi connectivity index (χ4n) is 1.86. The predicted octanol–water partition coefficient (Wildman–Crippen LogP) is 2.71. The maximum atomic E-state index is 12.4. The van der Waals surface area contributed by atoms with Gasteiger partial charge in [-0.3, -0.25) is 0 Å². The van der Waals surface area contributed by atoms with Gasteiger partial charge in [0, 0.05) is 6.20 Å². The first-order valence-electron chi connectivity index (χ1n) is 5.45. The van der Waals surface area contributed by atoms with Gasteiger partial charge >= 0.3 is 6.18 Å². The van der Waals surface area contributed by atoms with Gasteiger partial charge in [0.05, 0.1) is 29.3 Å². The monoisotopic (exact) mass is 280 g/mol. The molecule has 7 heteroatoms. The van der Waals surface area contributed by atoms with Gasteiger partial charge in [-0.05, 0) is 12.5 Å². The van der Waals surface area contributed by atoms with Gasteiger partial charge in [0.15, 0.2) is 0 Å². The minimum Gasteiger partial charge on any atom is -0.386 e. The fourth-order valence-corrected chi connectivity index (χ4v) is 2.14. The van der Waals surface area contributed by atoms with E-state index >= 15 is 0 Å². The van der Waals surface area contributed by atoms with Crippen LogP contribution < -0.4 is 4.90 Å². The van der Waals surface area contributed by atoms with Crippen molar-refractivity contribution in [2.75, 3.05) is 18.0 Å². The molecule has 0 atom stereocenters. The second-order valence-electron chi connectivity index (χ2n) is 4.46. The summed E-state index contributed by atoms with van der Waals surface area (Å²) in [4.78, 5) is 5.39. The molecule has 3 nitrogen and oxygen atoms in total. The quantitative estimate of drug-likeness (QED) is 0.905. The first-order valence-corrected chi connectivity index (χ1v) is 5.83. The zero-order valence-electron chi connectivity index (χ0n) is 9.63. The predicted molar refractivity (Wildman–Crippen MR) is 61.7 cm³/mol. The number of aromatic nitrogens is 1. The lowest BCUT2D eigenvalue weighted by Crippen LogP contribution is -2.62. The average Bonchev–Trinajstić information content (AvgIpc) is 2.24. The van der Waals surface area contributed by atoms with Crippen LogP contribution in [0.3, 0.4) is 0 Å². The van der Waals surface area contributed by atoms with Crippen molar-refractivity contribution in [2.24, 2.45) is 0 Å². The van der Waals surface area contributed by atoms with Crippen LogP contribution in [0.5, 0.6) is 0 Å². The number of rotatable bonds is 2. The molecule has 1 aliphatic heterocycles. The minimum absolute atomic E-state index is 0.0528. The summed E-state index contributed by atoms with van der Waals surface area (Å²) in [7, 11) is 0. The van der Waals surface area contributed by atoms with Crippen molar-refractivity contribution >= 4 is 17.4 Å². The van der Waals surface area contributed by atoms with E-state index in [4.69, 9.17) is 11.6 Å². The summed E-state index contributed by atoms with van der Waals surface area (Å²) in [5.41, 5.74) is -1.66.